The number of unbranched alkanes of at least 4 members (excludes halogenated alkanes) is 8. The molecule has 1 heterocycles. The summed E-state index contributed by atoms with van der Waals surface area (Å²) in [6, 6.07) is 6.47. The second-order valence-electron chi connectivity index (χ2n) is 8.91. The molecule has 1 aliphatic rings. The lowest BCUT2D eigenvalue weighted by atomic mass is 9.96. The highest BCUT2D eigenvalue weighted by molar-refractivity contribution is 6.17. The van der Waals surface area contributed by atoms with Crippen LogP contribution in [0.3, 0.4) is 0 Å². The molecule has 2 rings (SSSR count). The van der Waals surface area contributed by atoms with E-state index in [1.807, 2.05) is 12.2 Å². The van der Waals surface area contributed by atoms with Crippen LogP contribution in [0.2, 0.25) is 0 Å². The molecule has 0 radical (unpaired) electrons. The smallest absolute Gasteiger partial charge is 0.310 e. The van der Waals surface area contributed by atoms with Gasteiger partial charge in [0.2, 0.25) is 0 Å². The van der Waals surface area contributed by atoms with E-state index in [1.54, 1.807) is 0 Å². The largest absolute Gasteiger partial charge is 0.461 e. The van der Waals surface area contributed by atoms with Gasteiger partial charge in [-0.3, -0.25) is 19.7 Å². The Bertz CT molecular complexity index is 884. The molecule has 184 valence electrons. The fraction of sp³-hybridized carbons (Fsp3) is 0.483. The lowest BCUT2D eigenvalue weighted by molar-refractivity contribution is -0.144. The first-order valence-electron chi connectivity index (χ1n) is 12.6. The van der Waals surface area contributed by atoms with Gasteiger partial charge in [0.05, 0.1) is 6.42 Å². The van der Waals surface area contributed by atoms with Crippen molar-refractivity contribution in [1.29, 1.82) is 0 Å². The Morgan fingerprint density at radius 3 is 2.12 bits per heavy atom. The van der Waals surface area contributed by atoms with Crippen LogP contribution in [-0.2, 0) is 38.6 Å². The summed E-state index contributed by atoms with van der Waals surface area (Å²) in [4.78, 5) is 35.1. The van der Waals surface area contributed by atoms with Crippen molar-refractivity contribution in [1.82, 2.24) is 5.32 Å². The van der Waals surface area contributed by atoms with Crippen molar-refractivity contribution in [2.75, 3.05) is 0 Å². The van der Waals surface area contributed by atoms with E-state index >= 15 is 0 Å². The number of benzene rings is 1. The van der Waals surface area contributed by atoms with Gasteiger partial charge in [-0.15, -0.1) is 13.2 Å². The maximum absolute atomic E-state index is 12.2. The first-order chi connectivity index (χ1) is 16.5. The van der Waals surface area contributed by atoms with Crippen molar-refractivity contribution < 1.29 is 19.1 Å². The van der Waals surface area contributed by atoms with Crippen LogP contribution < -0.4 is 5.32 Å². The Morgan fingerprint density at radius 1 is 0.853 bits per heavy atom. The van der Waals surface area contributed by atoms with Crippen LogP contribution in [0.5, 0.6) is 0 Å². The lowest BCUT2D eigenvalue weighted by Crippen LogP contribution is -2.23. The first-order valence-corrected chi connectivity index (χ1v) is 12.6. The summed E-state index contributed by atoms with van der Waals surface area (Å²) in [5.41, 5.74) is 3.72. The number of esters is 1. The molecule has 0 unspecified atom stereocenters. The molecule has 2 amide bonds. The number of rotatable bonds is 18. The molecule has 5 nitrogen and oxygen atoms in total. The predicted molar refractivity (Wildman–Crippen MR) is 136 cm³/mol. The van der Waals surface area contributed by atoms with Crippen LogP contribution in [0.25, 0.3) is 0 Å². The van der Waals surface area contributed by atoms with Gasteiger partial charge in [-0.25, -0.2) is 0 Å². The Hall–Kier alpha value is -2.95. The Kier molecular flexibility index (Phi) is 12.7. The third kappa shape index (κ3) is 10.3. The fourth-order valence-electron chi connectivity index (χ4n) is 4.09. The third-order valence-corrected chi connectivity index (χ3v) is 6.06. The van der Waals surface area contributed by atoms with Crippen molar-refractivity contribution in [3.8, 4) is 0 Å². The molecular weight excluding hydrogens is 426 g/mol. The van der Waals surface area contributed by atoms with Crippen LogP contribution in [0.1, 0.15) is 87.3 Å². The number of hydrogen-bond acceptors (Lipinski definition) is 4. The van der Waals surface area contributed by atoms with E-state index in [4.69, 9.17) is 4.74 Å². The second kappa shape index (κ2) is 15.8. The minimum absolute atomic E-state index is 0.151. The molecule has 0 aliphatic carbocycles. The average Bonchev–Trinajstić information content (AvgIpc) is 3.14. The monoisotopic (exact) mass is 465 g/mol. The molecule has 0 saturated carbocycles. The molecule has 0 spiro atoms. The van der Waals surface area contributed by atoms with Crippen molar-refractivity contribution in [2.45, 2.75) is 90.1 Å². The molecule has 0 aromatic heterocycles. The van der Waals surface area contributed by atoms with E-state index < -0.39 is 17.8 Å². The Labute approximate surface area is 204 Å². The number of nitrogens with one attached hydrogen (secondary N) is 1. The van der Waals surface area contributed by atoms with E-state index in [2.05, 4.69) is 36.7 Å². The molecular formula is C29H39NO4. The molecule has 0 bridgehead atoms. The number of imide groups is 1. The maximum atomic E-state index is 12.2. The fourth-order valence-corrected chi connectivity index (χ4v) is 4.09. The van der Waals surface area contributed by atoms with Gasteiger partial charge < -0.3 is 4.74 Å². The summed E-state index contributed by atoms with van der Waals surface area (Å²) in [5, 5.41) is 2.15. The van der Waals surface area contributed by atoms with E-state index in [0.29, 0.717) is 0 Å². The van der Waals surface area contributed by atoms with Crippen molar-refractivity contribution in [3.63, 3.8) is 0 Å². The van der Waals surface area contributed by atoms with Gasteiger partial charge in [-0.05, 0) is 68.1 Å². The van der Waals surface area contributed by atoms with Crippen LogP contribution in [-0.4, -0.2) is 17.8 Å². The SMILES string of the molecule is C=CCCCCCCc1ccc(COC(=O)CC2=CC(=O)NC2=O)c(CCCCCCC=C)c1. The molecule has 0 saturated heterocycles. The second-order valence-corrected chi connectivity index (χ2v) is 8.91. The number of carbonyl (C=O) groups excluding carboxylic acids is 3. The van der Waals surface area contributed by atoms with Gasteiger partial charge in [0.15, 0.2) is 0 Å². The highest BCUT2D eigenvalue weighted by atomic mass is 16.5. The average molecular weight is 466 g/mol. The molecule has 1 aromatic rings. The van der Waals surface area contributed by atoms with Crippen molar-refractivity contribution in [2.24, 2.45) is 0 Å². The van der Waals surface area contributed by atoms with Gasteiger partial charge in [0, 0.05) is 11.6 Å². The summed E-state index contributed by atoms with van der Waals surface area (Å²) in [6.45, 7) is 7.73. The summed E-state index contributed by atoms with van der Waals surface area (Å²) < 4.78 is 5.46. The van der Waals surface area contributed by atoms with Crippen molar-refractivity contribution in [3.05, 3.63) is 71.8 Å². The van der Waals surface area contributed by atoms with Gasteiger partial charge in [0.1, 0.15) is 6.61 Å². The van der Waals surface area contributed by atoms with E-state index in [1.165, 1.54) is 49.7 Å². The molecule has 1 aromatic carbocycles. The van der Waals surface area contributed by atoms with E-state index in [-0.39, 0.29) is 18.6 Å². The molecule has 34 heavy (non-hydrogen) atoms. The number of ether oxygens (including phenoxy) is 1. The van der Waals surface area contributed by atoms with Gasteiger partial charge in [-0.1, -0.05) is 56.0 Å². The van der Waals surface area contributed by atoms with E-state index in [9.17, 15) is 14.4 Å². The number of amides is 2. The van der Waals surface area contributed by atoms with Gasteiger partial charge in [0.25, 0.3) is 11.8 Å². The highest BCUT2D eigenvalue weighted by Crippen LogP contribution is 2.20. The summed E-state index contributed by atoms with van der Waals surface area (Å²) in [7, 11) is 0. The van der Waals surface area contributed by atoms with Crippen LogP contribution in [0.15, 0.2) is 55.2 Å². The zero-order valence-corrected chi connectivity index (χ0v) is 20.4. The van der Waals surface area contributed by atoms with Crippen LogP contribution >= 0.6 is 0 Å². The number of allylic oxidation sites excluding steroid dienone is 2. The first kappa shape index (κ1) is 27.3. The minimum Gasteiger partial charge on any atom is -0.461 e. The predicted octanol–water partition coefficient (Wildman–Crippen LogP) is 6.06. The van der Waals surface area contributed by atoms with Crippen LogP contribution in [0.4, 0.5) is 0 Å². The minimum atomic E-state index is -0.520. The Morgan fingerprint density at radius 2 is 1.50 bits per heavy atom. The molecule has 1 aliphatic heterocycles. The van der Waals surface area contributed by atoms with Gasteiger partial charge in [-0.2, -0.15) is 0 Å². The van der Waals surface area contributed by atoms with Crippen molar-refractivity contribution >= 4 is 17.8 Å². The van der Waals surface area contributed by atoms with Gasteiger partial charge >= 0.3 is 5.97 Å². The van der Waals surface area contributed by atoms with Crippen LogP contribution in [0, 0.1) is 0 Å². The molecule has 0 atom stereocenters. The quantitative estimate of drug-likeness (QED) is 0.124. The highest BCUT2D eigenvalue weighted by Gasteiger charge is 2.23. The summed E-state index contributed by atoms with van der Waals surface area (Å²) in [6.07, 6.45) is 18.5. The number of hydrogen-bond donors (Lipinski definition) is 1. The number of aryl methyl sites for hydroxylation is 2. The summed E-state index contributed by atoms with van der Waals surface area (Å²) >= 11 is 0. The maximum Gasteiger partial charge on any atom is 0.310 e. The molecule has 0 fully saturated rings. The topological polar surface area (TPSA) is 72.5 Å². The van der Waals surface area contributed by atoms with E-state index in [0.717, 1.165) is 50.2 Å². The lowest BCUT2D eigenvalue weighted by Gasteiger charge is -2.13. The standard InChI is InChI=1S/C29H39NO4/c1-3-5-7-9-11-13-15-23-17-18-25(24(19-23)16-14-12-10-8-6-4-2)22-34-28(32)21-26-20-27(31)30-29(26)33/h3-4,17-20H,1-2,5-16,21-22H2,(H,30,31,33). The summed E-state index contributed by atoms with van der Waals surface area (Å²) in [5.74, 6) is -1.51. The Balaban J connectivity index is 1.91. The molecule has 1 N–H and O–H groups in total. The third-order valence-electron chi connectivity index (χ3n) is 6.06. The molecule has 5 heteroatoms. The number of carbonyl (C=O) groups is 3. The zero-order valence-electron chi connectivity index (χ0n) is 20.4. The normalized spacial score (nSPS) is 12.9. The zero-order chi connectivity index (χ0) is 24.6.